The summed E-state index contributed by atoms with van der Waals surface area (Å²) in [5.74, 6) is -0.509. The van der Waals surface area contributed by atoms with Crippen LogP contribution in [-0.4, -0.2) is 53.7 Å². The van der Waals surface area contributed by atoms with Gasteiger partial charge < -0.3 is 9.80 Å². The number of nitrogens with zero attached hydrogens (tertiary/aromatic N) is 2. The van der Waals surface area contributed by atoms with Crippen molar-refractivity contribution in [3.05, 3.63) is 0 Å². The average Bonchev–Trinajstić information content (AvgIpc) is 3.26. The van der Waals surface area contributed by atoms with Crippen LogP contribution < -0.4 is 0 Å². The van der Waals surface area contributed by atoms with Crippen LogP contribution in [0.15, 0.2) is 0 Å². The number of alkyl halides is 2. The molecule has 1 aliphatic heterocycles. The topological polar surface area (TPSA) is 40.6 Å². The standard InChI is InChI=1S/C16H26F2N2O2/c1-16(2,3)15(22)19-8-4-5-11(9-19)14(21)20(10-13(17)18)12-6-7-12/h11-13H,4-10H2,1-3H3/t11-/m1/s1. The van der Waals surface area contributed by atoms with Gasteiger partial charge in [0.05, 0.1) is 12.5 Å². The first-order valence-corrected chi connectivity index (χ1v) is 8.08. The lowest BCUT2D eigenvalue weighted by atomic mass is 9.90. The van der Waals surface area contributed by atoms with Gasteiger partial charge in [0, 0.05) is 24.5 Å². The quantitative estimate of drug-likeness (QED) is 0.799. The molecule has 2 amide bonds. The summed E-state index contributed by atoms with van der Waals surface area (Å²) in [7, 11) is 0. The van der Waals surface area contributed by atoms with Crippen molar-refractivity contribution in [3.8, 4) is 0 Å². The van der Waals surface area contributed by atoms with E-state index < -0.39 is 18.4 Å². The van der Waals surface area contributed by atoms with Crippen LogP contribution in [0, 0.1) is 11.3 Å². The molecule has 1 aliphatic carbocycles. The summed E-state index contributed by atoms with van der Waals surface area (Å²) < 4.78 is 25.4. The van der Waals surface area contributed by atoms with Gasteiger partial charge in [-0.3, -0.25) is 9.59 Å². The van der Waals surface area contributed by atoms with Gasteiger partial charge in [-0.15, -0.1) is 0 Å². The minimum Gasteiger partial charge on any atom is -0.341 e. The van der Waals surface area contributed by atoms with Crippen LogP contribution in [0.4, 0.5) is 8.78 Å². The second-order valence-corrected chi connectivity index (χ2v) is 7.45. The number of hydrogen-bond donors (Lipinski definition) is 0. The second kappa shape index (κ2) is 6.50. The number of halogens is 2. The fourth-order valence-electron chi connectivity index (χ4n) is 3.03. The molecule has 0 N–H and O–H groups in total. The fraction of sp³-hybridized carbons (Fsp3) is 0.875. The molecule has 6 heteroatoms. The molecule has 0 aromatic rings. The number of amides is 2. The molecule has 1 atom stereocenters. The third-order valence-corrected chi connectivity index (χ3v) is 4.30. The maximum Gasteiger partial charge on any atom is 0.255 e. The van der Waals surface area contributed by atoms with E-state index in [9.17, 15) is 18.4 Å². The summed E-state index contributed by atoms with van der Waals surface area (Å²) in [5, 5.41) is 0. The molecule has 1 saturated carbocycles. The van der Waals surface area contributed by atoms with E-state index in [1.54, 1.807) is 4.90 Å². The van der Waals surface area contributed by atoms with Gasteiger partial charge >= 0.3 is 0 Å². The van der Waals surface area contributed by atoms with Crippen LogP contribution in [0.5, 0.6) is 0 Å². The molecule has 2 rings (SSSR count). The average molecular weight is 316 g/mol. The van der Waals surface area contributed by atoms with Gasteiger partial charge in [0.1, 0.15) is 0 Å². The summed E-state index contributed by atoms with van der Waals surface area (Å²) in [6.45, 7) is 6.10. The van der Waals surface area contributed by atoms with E-state index in [0.717, 1.165) is 19.3 Å². The summed E-state index contributed by atoms with van der Waals surface area (Å²) in [4.78, 5) is 28.0. The maximum absolute atomic E-state index is 12.7. The molecule has 22 heavy (non-hydrogen) atoms. The van der Waals surface area contributed by atoms with E-state index >= 15 is 0 Å². The molecule has 126 valence electrons. The van der Waals surface area contributed by atoms with Gasteiger partial charge in [-0.1, -0.05) is 20.8 Å². The van der Waals surface area contributed by atoms with Crippen LogP contribution in [0.25, 0.3) is 0 Å². The summed E-state index contributed by atoms with van der Waals surface area (Å²) >= 11 is 0. The summed E-state index contributed by atoms with van der Waals surface area (Å²) in [5.41, 5.74) is -0.482. The van der Waals surface area contributed by atoms with E-state index in [1.807, 2.05) is 20.8 Å². The number of likely N-dealkylation sites (tertiary alicyclic amines) is 1. The third-order valence-electron chi connectivity index (χ3n) is 4.30. The molecule has 0 radical (unpaired) electrons. The molecular weight excluding hydrogens is 290 g/mol. The minimum absolute atomic E-state index is 0.0183. The Labute approximate surface area is 130 Å². The first-order valence-electron chi connectivity index (χ1n) is 8.08. The lowest BCUT2D eigenvalue weighted by Gasteiger charge is -2.37. The maximum atomic E-state index is 12.7. The molecule has 0 spiro atoms. The molecule has 4 nitrogen and oxygen atoms in total. The molecule has 0 unspecified atom stereocenters. The summed E-state index contributed by atoms with van der Waals surface area (Å²) in [6.07, 6.45) is 0.566. The lowest BCUT2D eigenvalue weighted by molar-refractivity contribution is -0.146. The first kappa shape index (κ1) is 17.2. The second-order valence-electron chi connectivity index (χ2n) is 7.45. The molecule has 2 fully saturated rings. The SMILES string of the molecule is CC(C)(C)C(=O)N1CCC[C@@H](C(=O)N(CC(F)F)C2CC2)C1. The van der Waals surface area contributed by atoms with Crippen molar-refractivity contribution >= 4 is 11.8 Å². The molecule has 0 bridgehead atoms. The minimum atomic E-state index is -2.50. The number of carbonyl (C=O) groups excluding carboxylic acids is 2. The summed E-state index contributed by atoms with van der Waals surface area (Å²) in [6, 6.07) is -0.0183. The Bertz CT molecular complexity index is 430. The zero-order chi connectivity index (χ0) is 16.5. The van der Waals surface area contributed by atoms with E-state index in [2.05, 4.69) is 0 Å². The zero-order valence-corrected chi connectivity index (χ0v) is 13.6. The third kappa shape index (κ3) is 4.17. The van der Waals surface area contributed by atoms with Crippen LogP contribution >= 0.6 is 0 Å². The molecule has 1 heterocycles. The number of rotatable bonds is 4. The molecule has 0 aromatic carbocycles. The van der Waals surface area contributed by atoms with Gasteiger partial charge in [0.2, 0.25) is 11.8 Å². The van der Waals surface area contributed by atoms with Gasteiger partial charge in [-0.2, -0.15) is 0 Å². The molecule has 2 aliphatic rings. The van der Waals surface area contributed by atoms with E-state index in [4.69, 9.17) is 0 Å². The fourth-order valence-corrected chi connectivity index (χ4v) is 3.03. The number of hydrogen-bond acceptors (Lipinski definition) is 2. The highest BCUT2D eigenvalue weighted by Gasteiger charge is 2.40. The van der Waals surface area contributed by atoms with E-state index in [0.29, 0.717) is 19.5 Å². The van der Waals surface area contributed by atoms with Crippen LogP contribution in [-0.2, 0) is 9.59 Å². The molecule has 0 aromatic heterocycles. The largest absolute Gasteiger partial charge is 0.341 e. The van der Waals surface area contributed by atoms with Gasteiger partial charge in [-0.25, -0.2) is 8.78 Å². The highest BCUT2D eigenvalue weighted by Crippen LogP contribution is 2.31. The van der Waals surface area contributed by atoms with Crippen LogP contribution in [0.3, 0.4) is 0 Å². The number of piperidine rings is 1. The van der Waals surface area contributed by atoms with Gasteiger partial charge in [0.25, 0.3) is 6.43 Å². The van der Waals surface area contributed by atoms with Crippen molar-refractivity contribution in [2.75, 3.05) is 19.6 Å². The Morgan fingerprint density at radius 1 is 1.23 bits per heavy atom. The Kier molecular flexibility index (Phi) is 5.07. The van der Waals surface area contributed by atoms with Gasteiger partial charge in [-0.05, 0) is 25.7 Å². The smallest absolute Gasteiger partial charge is 0.255 e. The first-order chi connectivity index (χ1) is 10.2. The van der Waals surface area contributed by atoms with E-state index in [1.165, 1.54) is 4.90 Å². The zero-order valence-electron chi connectivity index (χ0n) is 13.6. The Hall–Kier alpha value is -1.20. The molecule has 1 saturated heterocycles. The van der Waals surface area contributed by atoms with Crippen LogP contribution in [0.2, 0.25) is 0 Å². The normalized spacial score (nSPS) is 22.8. The van der Waals surface area contributed by atoms with Crippen molar-refractivity contribution in [3.63, 3.8) is 0 Å². The van der Waals surface area contributed by atoms with Crippen LogP contribution in [0.1, 0.15) is 46.5 Å². The van der Waals surface area contributed by atoms with Gasteiger partial charge in [0.15, 0.2) is 0 Å². The Morgan fingerprint density at radius 3 is 2.36 bits per heavy atom. The monoisotopic (exact) mass is 316 g/mol. The Balaban J connectivity index is 2.01. The Morgan fingerprint density at radius 2 is 1.86 bits per heavy atom. The lowest BCUT2D eigenvalue weighted by Crippen LogP contribution is -2.50. The number of carbonyl (C=O) groups is 2. The van der Waals surface area contributed by atoms with Crippen molar-refractivity contribution in [1.29, 1.82) is 0 Å². The highest BCUT2D eigenvalue weighted by molar-refractivity contribution is 5.84. The molecular formula is C16H26F2N2O2. The van der Waals surface area contributed by atoms with Crippen molar-refractivity contribution in [2.45, 2.75) is 58.9 Å². The van der Waals surface area contributed by atoms with Crippen molar-refractivity contribution in [1.82, 2.24) is 9.80 Å². The van der Waals surface area contributed by atoms with Crippen molar-refractivity contribution in [2.24, 2.45) is 11.3 Å². The predicted molar refractivity (Wildman–Crippen MR) is 79.5 cm³/mol. The predicted octanol–water partition coefficient (Wildman–Crippen LogP) is 2.53. The van der Waals surface area contributed by atoms with E-state index in [-0.39, 0.29) is 23.8 Å². The highest BCUT2D eigenvalue weighted by atomic mass is 19.3. The van der Waals surface area contributed by atoms with Crippen molar-refractivity contribution < 1.29 is 18.4 Å².